The molecule has 1 atom stereocenters. The first-order valence-corrected chi connectivity index (χ1v) is 7.82. The highest BCUT2D eigenvalue weighted by Gasteiger charge is 2.23. The van der Waals surface area contributed by atoms with Crippen LogP contribution in [-0.2, 0) is 9.47 Å². The lowest BCUT2D eigenvalue weighted by molar-refractivity contribution is 0.0606. The van der Waals surface area contributed by atoms with Crippen molar-refractivity contribution in [3.8, 4) is 11.5 Å². The van der Waals surface area contributed by atoms with Crippen molar-refractivity contribution in [2.45, 2.75) is 12.5 Å². The van der Waals surface area contributed by atoms with Gasteiger partial charge in [-0.1, -0.05) is 0 Å². The fourth-order valence-corrected chi connectivity index (χ4v) is 3.45. The number of carbonyl (C=O) groups excluding carboxylic acids is 1. The number of aliphatic hydroxyl groups is 1. The van der Waals surface area contributed by atoms with E-state index in [1.807, 2.05) is 0 Å². The van der Waals surface area contributed by atoms with Crippen molar-refractivity contribution in [3.05, 3.63) is 22.6 Å². The molecule has 1 aromatic carbocycles. The van der Waals surface area contributed by atoms with Gasteiger partial charge in [-0.2, -0.15) is 0 Å². The lowest BCUT2D eigenvalue weighted by atomic mass is 10.0. The zero-order valence-corrected chi connectivity index (χ0v) is 14.4. The van der Waals surface area contributed by atoms with Gasteiger partial charge < -0.3 is 24.1 Å². The molecule has 0 aliphatic carbocycles. The van der Waals surface area contributed by atoms with E-state index in [1.165, 1.54) is 25.6 Å². The number of rotatable bonds is 7. The van der Waals surface area contributed by atoms with E-state index in [1.54, 1.807) is 26.4 Å². The van der Waals surface area contributed by atoms with Crippen LogP contribution in [0.1, 0.15) is 27.8 Å². The number of hydrogen-bond acceptors (Lipinski definition) is 7. The summed E-state index contributed by atoms with van der Waals surface area (Å²) in [6, 6.07) is 3.43. The van der Waals surface area contributed by atoms with Crippen LogP contribution in [0.4, 0.5) is 0 Å². The highest BCUT2D eigenvalue weighted by molar-refractivity contribution is 7.21. The Morgan fingerprint density at radius 2 is 1.96 bits per heavy atom. The lowest BCUT2D eigenvalue weighted by Gasteiger charge is -2.17. The highest BCUT2D eigenvalue weighted by atomic mass is 32.1. The summed E-state index contributed by atoms with van der Waals surface area (Å²) in [5.41, 5.74) is 0.600. The summed E-state index contributed by atoms with van der Waals surface area (Å²) in [6.45, 7) is 0.418. The Balaban J connectivity index is 2.62. The number of thiophene rings is 1. The molecule has 0 spiro atoms. The van der Waals surface area contributed by atoms with Gasteiger partial charge in [-0.05, 0) is 12.1 Å². The van der Waals surface area contributed by atoms with Crippen molar-refractivity contribution in [1.29, 1.82) is 0 Å². The minimum atomic E-state index is -0.760. The van der Waals surface area contributed by atoms with Crippen LogP contribution >= 0.6 is 11.3 Å². The zero-order chi connectivity index (χ0) is 17.0. The molecule has 0 amide bonds. The SMILES string of the molecule is COCCC(O)c1cc(OC)c2sc(C(=O)OC)cc2c1OC. The summed E-state index contributed by atoms with van der Waals surface area (Å²) in [5.74, 6) is 0.681. The van der Waals surface area contributed by atoms with Crippen LogP contribution in [0.5, 0.6) is 11.5 Å². The van der Waals surface area contributed by atoms with Gasteiger partial charge >= 0.3 is 5.97 Å². The van der Waals surface area contributed by atoms with E-state index in [2.05, 4.69) is 0 Å². The van der Waals surface area contributed by atoms with Crippen LogP contribution in [0.2, 0.25) is 0 Å². The molecular weight excluding hydrogens is 320 g/mol. The second-order valence-electron chi connectivity index (χ2n) is 4.84. The number of methoxy groups -OCH3 is 4. The van der Waals surface area contributed by atoms with Gasteiger partial charge in [0.2, 0.25) is 0 Å². The summed E-state index contributed by atoms with van der Waals surface area (Å²) in [4.78, 5) is 12.2. The minimum absolute atomic E-state index is 0.418. The van der Waals surface area contributed by atoms with Crippen LogP contribution < -0.4 is 9.47 Å². The Bertz CT molecular complexity index is 693. The zero-order valence-electron chi connectivity index (χ0n) is 13.5. The maximum Gasteiger partial charge on any atom is 0.348 e. The Kier molecular flexibility index (Phi) is 5.81. The average Bonchev–Trinajstić information content (AvgIpc) is 3.02. The molecule has 0 bridgehead atoms. The molecule has 1 N–H and O–H groups in total. The van der Waals surface area contributed by atoms with Crippen LogP contribution in [0.3, 0.4) is 0 Å². The molecule has 7 heteroatoms. The summed E-state index contributed by atoms with van der Waals surface area (Å²) in [6.07, 6.45) is -0.333. The van der Waals surface area contributed by atoms with E-state index in [4.69, 9.17) is 18.9 Å². The van der Waals surface area contributed by atoms with E-state index in [-0.39, 0.29) is 0 Å². The second kappa shape index (κ2) is 7.63. The minimum Gasteiger partial charge on any atom is -0.496 e. The van der Waals surface area contributed by atoms with E-state index < -0.39 is 12.1 Å². The predicted molar refractivity (Wildman–Crippen MR) is 87.7 cm³/mol. The van der Waals surface area contributed by atoms with Crippen LogP contribution in [-0.4, -0.2) is 46.1 Å². The number of aliphatic hydroxyl groups excluding tert-OH is 1. The average molecular weight is 340 g/mol. The monoisotopic (exact) mass is 340 g/mol. The molecule has 0 fully saturated rings. The van der Waals surface area contributed by atoms with Gasteiger partial charge in [-0.3, -0.25) is 0 Å². The number of esters is 1. The second-order valence-corrected chi connectivity index (χ2v) is 5.90. The fourth-order valence-electron chi connectivity index (χ4n) is 2.38. The number of fused-ring (bicyclic) bond motifs is 1. The van der Waals surface area contributed by atoms with E-state index in [0.29, 0.717) is 40.4 Å². The summed E-state index contributed by atoms with van der Waals surface area (Å²) in [7, 11) is 5.99. The predicted octanol–water partition coefficient (Wildman–Crippen LogP) is 2.78. The molecule has 2 rings (SSSR count). The Labute approximate surface area is 138 Å². The first kappa shape index (κ1) is 17.5. The smallest absolute Gasteiger partial charge is 0.348 e. The molecule has 1 unspecified atom stereocenters. The third-order valence-electron chi connectivity index (χ3n) is 3.51. The third-order valence-corrected chi connectivity index (χ3v) is 4.64. The molecule has 0 saturated carbocycles. The van der Waals surface area contributed by atoms with Crippen LogP contribution in [0.25, 0.3) is 10.1 Å². The number of carbonyl (C=O) groups is 1. The van der Waals surface area contributed by atoms with Gasteiger partial charge in [0, 0.05) is 31.1 Å². The Hall–Kier alpha value is -1.83. The maximum atomic E-state index is 11.8. The first-order valence-electron chi connectivity index (χ1n) is 7.01. The van der Waals surface area contributed by atoms with Crippen molar-refractivity contribution < 1.29 is 28.8 Å². The number of hydrogen-bond donors (Lipinski definition) is 1. The van der Waals surface area contributed by atoms with Gasteiger partial charge in [0.15, 0.2) is 0 Å². The molecule has 0 aliphatic heterocycles. The first-order chi connectivity index (χ1) is 11.1. The molecule has 126 valence electrons. The largest absolute Gasteiger partial charge is 0.496 e. The molecule has 6 nitrogen and oxygen atoms in total. The van der Waals surface area contributed by atoms with E-state index >= 15 is 0 Å². The topological polar surface area (TPSA) is 74.2 Å². The van der Waals surface area contributed by atoms with E-state index in [0.717, 1.165) is 4.70 Å². The van der Waals surface area contributed by atoms with Crippen molar-refractivity contribution in [2.75, 3.05) is 35.0 Å². The molecule has 1 aromatic heterocycles. The fraction of sp³-hybridized carbons (Fsp3) is 0.438. The Morgan fingerprint density at radius 1 is 1.22 bits per heavy atom. The van der Waals surface area contributed by atoms with Crippen LogP contribution in [0, 0.1) is 0 Å². The summed E-state index contributed by atoms with van der Waals surface area (Å²) < 4.78 is 21.4. The van der Waals surface area contributed by atoms with Gasteiger partial charge in [0.1, 0.15) is 16.4 Å². The summed E-state index contributed by atoms with van der Waals surface area (Å²) in [5, 5.41) is 11.1. The highest BCUT2D eigenvalue weighted by Crippen LogP contribution is 2.44. The maximum absolute atomic E-state index is 11.8. The molecule has 1 heterocycles. The van der Waals surface area contributed by atoms with Crippen molar-refractivity contribution in [2.24, 2.45) is 0 Å². The standard InChI is InChI=1S/C16H20O6S/c1-19-6-5-11(17)9-7-12(20-2)15-10(14(9)21-3)8-13(23-15)16(18)22-4/h7-8,11,17H,5-6H2,1-4H3. The number of ether oxygens (including phenoxy) is 4. The third kappa shape index (κ3) is 3.41. The van der Waals surface area contributed by atoms with E-state index in [9.17, 15) is 9.90 Å². The van der Waals surface area contributed by atoms with Crippen molar-refractivity contribution in [3.63, 3.8) is 0 Å². The van der Waals surface area contributed by atoms with Crippen molar-refractivity contribution >= 4 is 27.4 Å². The Morgan fingerprint density at radius 3 is 2.52 bits per heavy atom. The van der Waals surface area contributed by atoms with Gasteiger partial charge in [-0.15, -0.1) is 11.3 Å². The molecule has 0 aliphatic rings. The quantitative estimate of drug-likeness (QED) is 0.781. The molecule has 2 aromatic rings. The van der Waals surface area contributed by atoms with Gasteiger partial charge in [0.05, 0.1) is 32.1 Å². The van der Waals surface area contributed by atoms with Gasteiger partial charge in [-0.25, -0.2) is 4.79 Å². The molecule has 0 radical (unpaired) electrons. The van der Waals surface area contributed by atoms with Gasteiger partial charge in [0.25, 0.3) is 0 Å². The summed E-state index contributed by atoms with van der Waals surface area (Å²) >= 11 is 1.26. The molecular formula is C16H20O6S. The lowest BCUT2D eigenvalue weighted by Crippen LogP contribution is -2.05. The van der Waals surface area contributed by atoms with Crippen LogP contribution in [0.15, 0.2) is 12.1 Å². The molecule has 0 saturated heterocycles. The molecule has 23 heavy (non-hydrogen) atoms. The van der Waals surface area contributed by atoms with Crippen molar-refractivity contribution in [1.82, 2.24) is 0 Å². The number of benzene rings is 1. The normalized spacial score (nSPS) is 12.2.